The van der Waals surface area contributed by atoms with Crippen molar-refractivity contribution in [2.75, 3.05) is 13.2 Å². The number of ether oxygens (including phenoxy) is 4. The third kappa shape index (κ3) is 5.95. The van der Waals surface area contributed by atoms with Gasteiger partial charge in [0.1, 0.15) is 30.2 Å². The van der Waals surface area contributed by atoms with Gasteiger partial charge in [0, 0.05) is 23.8 Å². The molecular weight excluding hydrogens is 492 g/mol. The number of aromatic hydroxyl groups is 1. The molecule has 202 valence electrons. The number of carboxylic acids is 1. The molecule has 2 heterocycles. The first-order valence-corrected chi connectivity index (χ1v) is 11.9. The van der Waals surface area contributed by atoms with Crippen molar-refractivity contribution < 1.29 is 59.2 Å². The predicted octanol–water partition coefficient (Wildman–Crippen LogP) is -0.268. The van der Waals surface area contributed by atoms with Crippen molar-refractivity contribution in [2.24, 2.45) is 17.8 Å². The smallest absolute Gasteiger partial charge is 0.334 e. The van der Waals surface area contributed by atoms with Crippen molar-refractivity contribution in [2.45, 2.75) is 49.8 Å². The van der Waals surface area contributed by atoms with Gasteiger partial charge in [-0.25, -0.2) is 9.59 Å². The Hall–Kier alpha value is -3.00. The summed E-state index contributed by atoms with van der Waals surface area (Å²) in [5, 5.41) is 58.8. The first-order chi connectivity index (χ1) is 17.7. The highest BCUT2D eigenvalue weighted by molar-refractivity contribution is 5.87. The molecule has 2 fully saturated rings. The maximum absolute atomic E-state index is 12.3. The number of carboxylic acid groups (broad SMARTS) is 1. The van der Waals surface area contributed by atoms with Crippen LogP contribution in [0, 0.1) is 17.8 Å². The fourth-order valence-corrected chi connectivity index (χ4v) is 5.03. The maximum Gasteiger partial charge on any atom is 0.334 e. The van der Waals surface area contributed by atoms with Crippen LogP contribution in [-0.4, -0.2) is 92.8 Å². The third-order valence-corrected chi connectivity index (χ3v) is 7.01. The molecule has 0 spiro atoms. The van der Waals surface area contributed by atoms with Crippen LogP contribution in [0.25, 0.3) is 6.08 Å². The van der Waals surface area contributed by atoms with E-state index in [2.05, 4.69) is 0 Å². The first kappa shape index (κ1) is 27.0. The van der Waals surface area contributed by atoms with Crippen LogP contribution in [0.1, 0.15) is 18.4 Å². The number of carbonyl (C=O) groups excluding carboxylic acids is 1. The zero-order valence-corrected chi connectivity index (χ0v) is 19.7. The van der Waals surface area contributed by atoms with Gasteiger partial charge in [-0.3, -0.25) is 0 Å². The minimum atomic E-state index is -1.66. The Bertz CT molecular complexity index is 1020. The van der Waals surface area contributed by atoms with E-state index in [-0.39, 0.29) is 23.8 Å². The van der Waals surface area contributed by atoms with E-state index in [9.17, 15) is 40.2 Å². The van der Waals surface area contributed by atoms with Crippen molar-refractivity contribution in [1.82, 2.24) is 0 Å². The number of carbonyl (C=O) groups is 2. The number of rotatable bonds is 8. The number of phenolic OH excluding ortho intramolecular Hbond substituents is 1. The number of hydrogen-bond donors (Lipinski definition) is 6. The summed E-state index contributed by atoms with van der Waals surface area (Å²) in [7, 11) is 0. The lowest BCUT2D eigenvalue weighted by Gasteiger charge is -2.43. The van der Waals surface area contributed by atoms with Gasteiger partial charge in [0.25, 0.3) is 0 Å². The SMILES string of the molecule is O=C(C=Cc1ccc(O)cc1)OCC1CCC2C(C(=O)O)=COC(OC3OC(CO)C(O)C(O)C3O)C12. The number of aliphatic hydroxyl groups excluding tert-OH is 4. The van der Waals surface area contributed by atoms with Crippen LogP contribution in [0.4, 0.5) is 0 Å². The number of benzene rings is 1. The van der Waals surface area contributed by atoms with Crippen LogP contribution in [0.5, 0.6) is 5.75 Å². The summed E-state index contributed by atoms with van der Waals surface area (Å²) in [5.74, 6) is -3.10. The van der Waals surface area contributed by atoms with Crippen LogP contribution in [-0.2, 0) is 28.5 Å². The Morgan fingerprint density at radius 1 is 1.03 bits per heavy atom. The second-order valence-corrected chi connectivity index (χ2v) is 9.29. The Kier molecular flexibility index (Phi) is 8.47. The maximum atomic E-state index is 12.3. The average Bonchev–Trinajstić information content (AvgIpc) is 3.31. The Morgan fingerprint density at radius 3 is 2.43 bits per heavy atom. The summed E-state index contributed by atoms with van der Waals surface area (Å²) < 4.78 is 22.2. The van der Waals surface area contributed by atoms with E-state index in [1.807, 2.05) is 0 Å². The monoisotopic (exact) mass is 522 g/mol. The van der Waals surface area contributed by atoms with Crippen LogP contribution in [0.2, 0.25) is 0 Å². The molecule has 12 nitrogen and oxygen atoms in total. The molecule has 12 heteroatoms. The highest BCUT2D eigenvalue weighted by atomic mass is 16.8. The van der Waals surface area contributed by atoms with Crippen LogP contribution < -0.4 is 0 Å². The van der Waals surface area contributed by atoms with Crippen molar-refractivity contribution in [3.05, 3.63) is 47.7 Å². The minimum Gasteiger partial charge on any atom is -0.508 e. The number of phenols is 1. The number of aliphatic carboxylic acids is 1. The molecule has 0 aromatic heterocycles. The van der Waals surface area contributed by atoms with E-state index in [0.29, 0.717) is 18.4 Å². The summed E-state index contributed by atoms with van der Waals surface area (Å²) in [5.41, 5.74) is 0.722. The molecule has 3 aliphatic rings. The average molecular weight is 523 g/mol. The molecule has 9 unspecified atom stereocenters. The van der Waals surface area contributed by atoms with Crippen molar-refractivity contribution in [3.8, 4) is 5.75 Å². The number of aliphatic hydroxyl groups is 4. The van der Waals surface area contributed by atoms with Gasteiger partial charge in [0.05, 0.1) is 25.0 Å². The van der Waals surface area contributed by atoms with Crippen molar-refractivity contribution >= 4 is 18.0 Å². The minimum absolute atomic E-state index is 0.0414. The normalized spacial score (nSPS) is 35.5. The quantitative estimate of drug-likeness (QED) is 0.194. The molecule has 9 atom stereocenters. The van der Waals surface area contributed by atoms with E-state index in [4.69, 9.17) is 18.9 Å². The number of fused-ring (bicyclic) bond motifs is 1. The summed E-state index contributed by atoms with van der Waals surface area (Å²) >= 11 is 0. The second-order valence-electron chi connectivity index (χ2n) is 9.29. The van der Waals surface area contributed by atoms with Gasteiger partial charge in [0.15, 0.2) is 6.29 Å². The molecule has 1 aromatic carbocycles. The Labute approximate surface area is 212 Å². The van der Waals surface area contributed by atoms with Gasteiger partial charge in [-0.1, -0.05) is 12.1 Å². The highest BCUT2D eigenvalue weighted by Crippen LogP contribution is 2.47. The first-order valence-electron chi connectivity index (χ1n) is 11.9. The molecule has 2 aliphatic heterocycles. The summed E-state index contributed by atoms with van der Waals surface area (Å²) in [6.07, 6.45) is -3.84. The lowest BCUT2D eigenvalue weighted by molar-refractivity contribution is -0.342. The van der Waals surface area contributed by atoms with Gasteiger partial charge in [-0.15, -0.1) is 0 Å². The molecule has 0 radical (unpaired) electrons. The molecule has 37 heavy (non-hydrogen) atoms. The Balaban J connectivity index is 1.44. The summed E-state index contributed by atoms with van der Waals surface area (Å²) in [4.78, 5) is 24.1. The lowest BCUT2D eigenvalue weighted by atomic mass is 9.83. The standard InChI is InChI=1S/C25H30O12/c26-9-17-20(29)21(30)22(31)25(36-17)37-24-19-13(4-7-15(19)16(11-35-24)23(32)33)10-34-18(28)8-3-12-1-5-14(27)6-2-12/h1-3,5-6,8,11,13,15,17,19-22,24-27,29-31H,4,7,9-10H2,(H,32,33). The van der Waals surface area contributed by atoms with Gasteiger partial charge in [-0.2, -0.15) is 0 Å². The molecule has 1 aromatic rings. The fraction of sp³-hybridized carbons (Fsp3) is 0.520. The van der Waals surface area contributed by atoms with Gasteiger partial charge in [-0.05, 0) is 36.6 Å². The van der Waals surface area contributed by atoms with Crippen molar-refractivity contribution in [3.63, 3.8) is 0 Å². The van der Waals surface area contributed by atoms with Gasteiger partial charge in [0.2, 0.25) is 6.29 Å². The molecule has 0 amide bonds. The van der Waals surface area contributed by atoms with Crippen LogP contribution in [0.3, 0.4) is 0 Å². The van der Waals surface area contributed by atoms with Gasteiger partial charge >= 0.3 is 11.9 Å². The van der Waals surface area contributed by atoms with E-state index in [0.717, 1.165) is 6.26 Å². The molecule has 4 rings (SSSR count). The summed E-state index contributed by atoms with van der Waals surface area (Å²) in [6, 6.07) is 6.22. The molecular formula is C25H30O12. The topological polar surface area (TPSA) is 192 Å². The van der Waals surface area contributed by atoms with E-state index in [1.165, 1.54) is 24.3 Å². The molecule has 6 N–H and O–H groups in total. The molecule has 0 bridgehead atoms. The van der Waals surface area contributed by atoms with Gasteiger partial charge < -0.3 is 49.6 Å². The zero-order chi connectivity index (χ0) is 26.7. The summed E-state index contributed by atoms with van der Waals surface area (Å²) in [6.45, 7) is -0.688. The molecule has 1 saturated carbocycles. The van der Waals surface area contributed by atoms with E-state index in [1.54, 1.807) is 12.1 Å². The third-order valence-electron chi connectivity index (χ3n) is 7.01. The Morgan fingerprint density at radius 2 is 1.76 bits per heavy atom. The van der Waals surface area contributed by atoms with E-state index >= 15 is 0 Å². The van der Waals surface area contributed by atoms with Crippen LogP contribution >= 0.6 is 0 Å². The highest BCUT2D eigenvalue weighted by Gasteiger charge is 2.52. The van der Waals surface area contributed by atoms with Crippen LogP contribution in [0.15, 0.2) is 42.2 Å². The molecule has 1 aliphatic carbocycles. The van der Waals surface area contributed by atoms with Crippen molar-refractivity contribution in [1.29, 1.82) is 0 Å². The lowest BCUT2D eigenvalue weighted by Crippen LogP contribution is -2.60. The predicted molar refractivity (Wildman–Crippen MR) is 123 cm³/mol. The van der Waals surface area contributed by atoms with E-state index < -0.39 is 67.4 Å². The fourth-order valence-electron chi connectivity index (χ4n) is 5.03. The number of esters is 1. The second kappa shape index (κ2) is 11.6. The largest absolute Gasteiger partial charge is 0.508 e. The zero-order valence-electron chi connectivity index (χ0n) is 19.7. The number of hydrogen-bond acceptors (Lipinski definition) is 11. The molecule has 1 saturated heterocycles.